The second-order valence-corrected chi connectivity index (χ2v) is 10.3. The third-order valence-corrected chi connectivity index (χ3v) is 6.88. The van der Waals surface area contributed by atoms with Crippen molar-refractivity contribution in [2.24, 2.45) is 0 Å². The number of halogens is 2. The predicted octanol–water partition coefficient (Wildman–Crippen LogP) is 1.48. The minimum Gasteiger partial charge on any atom is -0.484 e. The summed E-state index contributed by atoms with van der Waals surface area (Å²) in [5.41, 5.74) is -1.69. The second-order valence-electron chi connectivity index (χ2n) is 8.51. The maximum absolute atomic E-state index is 13.8. The number of rotatable bonds is 10. The number of fused-ring (bicyclic) bond motifs is 1. The molecular formula is C21H27F2N5O8S. The van der Waals surface area contributed by atoms with E-state index < -0.39 is 57.5 Å². The Hall–Kier alpha value is -3.66. The average Bonchev–Trinajstić information content (AvgIpc) is 3.24. The molecule has 4 N–H and O–H groups in total. The quantitative estimate of drug-likeness (QED) is 0.344. The van der Waals surface area contributed by atoms with Gasteiger partial charge in [0.2, 0.25) is 0 Å². The molecule has 0 saturated carbocycles. The van der Waals surface area contributed by atoms with Crippen molar-refractivity contribution in [1.82, 2.24) is 15.1 Å². The molecule has 204 valence electrons. The SMILES string of the molecule is CCn1cc(S(=O)(=O)N2CC(CNC(=O)C(C)(C)O)Oc3ccc(NC(=O)O)cc32)c(OCC(F)F)n1. The molecule has 37 heavy (non-hydrogen) atoms. The van der Waals surface area contributed by atoms with Crippen molar-refractivity contribution in [3.8, 4) is 11.6 Å². The van der Waals surface area contributed by atoms with Crippen LogP contribution in [0, 0.1) is 0 Å². The number of aliphatic hydroxyl groups is 1. The summed E-state index contributed by atoms with van der Waals surface area (Å²) in [5, 5.41) is 27.4. The van der Waals surface area contributed by atoms with E-state index in [9.17, 15) is 31.9 Å². The number of carboxylic acid groups (broad SMARTS) is 1. The fraction of sp³-hybridized carbons (Fsp3) is 0.476. The number of hydrogen-bond acceptors (Lipinski definition) is 8. The highest BCUT2D eigenvalue weighted by Gasteiger charge is 2.38. The Morgan fingerprint density at radius 1 is 1.35 bits per heavy atom. The maximum Gasteiger partial charge on any atom is 0.409 e. The van der Waals surface area contributed by atoms with Crippen LogP contribution in [0.1, 0.15) is 20.8 Å². The Kier molecular flexibility index (Phi) is 8.12. The Morgan fingerprint density at radius 2 is 2.05 bits per heavy atom. The summed E-state index contributed by atoms with van der Waals surface area (Å²) in [6.45, 7) is 2.81. The first kappa shape index (κ1) is 27.9. The van der Waals surface area contributed by atoms with Crippen molar-refractivity contribution >= 4 is 33.4 Å². The molecule has 13 nitrogen and oxygen atoms in total. The van der Waals surface area contributed by atoms with Crippen molar-refractivity contribution < 1.29 is 46.5 Å². The number of aromatic nitrogens is 2. The number of alkyl halides is 2. The highest BCUT2D eigenvalue weighted by molar-refractivity contribution is 7.93. The van der Waals surface area contributed by atoms with E-state index in [1.54, 1.807) is 6.92 Å². The smallest absolute Gasteiger partial charge is 0.409 e. The van der Waals surface area contributed by atoms with Crippen LogP contribution >= 0.6 is 0 Å². The van der Waals surface area contributed by atoms with E-state index in [4.69, 9.17) is 14.6 Å². The summed E-state index contributed by atoms with van der Waals surface area (Å²) in [7, 11) is -4.53. The van der Waals surface area contributed by atoms with Crippen molar-refractivity contribution in [2.75, 3.05) is 29.3 Å². The summed E-state index contributed by atoms with van der Waals surface area (Å²) in [4.78, 5) is 22.7. The van der Waals surface area contributed by atoms with Gasteiger partial charge in [-0.1, -0.05) is 0 Å². The number of carbonyl (C=O) groups is 2. The molecule has 0 radical (unpaired) electrons. The van der Waals surface area contributed by atoms with Crippen LogP contribution in [0.4, 0.5) is 25.0 Å². The zero-order chi connectivity index (χ0) is 27.5. The van der Waals surface area contributed by atoms with E-state index in [1.807, 2.05) is 0 Å². The van der Waals surface area contributed by atoms with Gasteiger partial charge >= 0.3 is 6.09 Å². The van der Waals surface area contributed by atoms with Gasteiger partial charge in [0, 0.05) is 18.4 Å². The van der Waals surface area contributed by atoms with Gasteiger partial charge < -0.3 is 25.0 Å². The zero-order valence-corrected chi connectivity index (χ0v) is 21.0. The van der Waals surface area contributed by atoms with Crippen molar-refractivity contribution in [3.05, 3.63) is 24.4 Å². The molecule has 1 aliphatic heterocycles. The fourth-order valence-corrected chi connectivity index (χ4v) is 4.93. The monoisotopic (exact) mass is 547 g/mol. The Morgan fingerprint density at radius 3 is 2.65 bits per heavy atom. The van der Waals surface area contributed by atoms with Crippen molar-refractivity contribution in [1.29, 1.82) is 0 Å². The van der Waals surface area contributed by atoms with E-state index in [0.29, 0.717) is 0 Å². The second kappa shape index (κ2) is 10.8. The first-order chi connectivity index (χ1) is 17.2. The number of carbonyl (C=O) groups excluding carboxylic acids is 1. The van der Waals surface area contributed by atoms with E-state index in [0.717, 1.165) is 10.5 Å². The molecule has 2 amide bonds. The number of sulfonamides is 1. The number of amides is 2. The van der Waals surface area contributed by atoms with Gasteiger partial charge in [-0.2, -0.15) is 0 Å². The summed E-state index contributed by atoms with van der Waals surface area (Å²) in [6, 6.07) is 3.93. The summed E-state index contributed by atoms with van der Waals surface area (Å²) in [6.07, 6.45) is -4.06. The summed E-state index contributed by atoms with van der Waals surface area (Å²) < 4.78 is 66.1. The Bertz CT molecular complexity index is 1260. The van der Waals surface area contributed by atoms with Gasteiger partial charge in [0.05, 0.1) is 18.8 Å². The van der Waals surface area contributed by atoms with Gasteiger partial charge in [-0.15, -0.1) is 5.10 Å². The van der Waals surface area contributed by atoms with Crippen LogP contribution in [0.15, 0.2) is 29.3 Å². The highest BCUT2D eigenvalue weighted by Crippen LogP contribution is 2.40. The largest absolute Gasteiger partial charge is 0.484 e. The van der Waals surface area contributed by atoms with Crippen LogP contribution < -0.4 is 24.4 Å². The summed E-state index contributed by atoms with van der Waals surface area (Å²) in [5.74, 6) is -1.20. The third kappa shape index (κ3) is 6.56. The molecule has 0 saturated heterocycles. The van der Waals surface area contributed by atoms with Gasteiger partial charge in [0.25, 0.3) is 28.2 Å². The Labute approximate surface area is 211 Å². The lowest BCUT2D eigenvalue weighted by molar-refractivity contribution is -0.136. The first-order valence-electron chi connectivity index (χ1n) is 11.0. The minimum atomic E-state index is -4.53. The van der Waals surface area contributed by atoms with Crippen LogP contribution in [0.3, 0.4) is 0 Å². The molecule has 2 heterocycles. The molecule has 16 heteroatoms. The van der Waals surface area contributed by atoms with Gasteiger partial charge in [0.15, 0.2) is 11.5 Å². The van der Waals surface area contributed by atoms with Gasteiger partial charge in [-0.3, -0.25) is 19.1 Å². The van der Waals surface area contributed by atoms with Crippen LogP contribution in [0.25, 0.3) is 0 Å². The molecule has 1 aromatic heterocycles. The molecule has 1 aliphatic rings. The molecule has 0 fully saturated rings. The number of hydrogen-bond donors (Lipinski definition) is 4. The number of benzene rings is 1. The topological polar surface area (TPSA) is 172 Å². The van der Waals surface area contributed by atoms with E-state index >= 15 is 0 Å². The summed E-state index contributed by atoms with van der Waals surface area (Å²) >= 11 is 0. The maximum atomic E-state index is 13.8. The van der Waals surface area contributed by atoms with Crippen LogP contribution in [0.2, 0.25) is 0 Å². The number of anilines is 2. The van der Waals surface area contributed by atoms with Crippen LogP contribution in [-0.2, 0) is 21.4 Å². The van der Waals surface area contributed by atoms with Crippen LogP contribution in [-0.4, -0.2) is 78.2 Å². The van der Waals surface area contributed by atoms with Gasteiger partial charge in [-0.05, 0) is 39.0 Å². The predicted molar refractivity (Wildman–Crippen MR) is 126 cm³/mol. The zero-order valence-electron chi connectivity index (χ0n) is 20.1. The van der Waals surface area contributed by atoms with Gasteiger partial charge in [0.1, 0.15) is 17.5 Å². The van der Waals surface area contributed by atoms with E-state index in [2.05, 4.69) is 15.7 Å². The minimum absolute atomic E-state index is 0.0413. The molecule has 0 aliphatic carbocycles. The molecule has 1 aromatic carbocycles. The lowest BCUT2D eigenvalue weighted by Crippen LogP contribution is -2.51. The molecule has 0 spiro atoms. The molecule has 1 unspecified atom stereocenters. The number of nitrogens with zero attached hydrogens (tertiary/aromatic N) is 3. The van der Waals surface area contributed by atoms with E-state index in [1.165, 1.54) is 36.7 Å². The molecule has 2 aromatic rings. The van der Waals surface area contributed by atoms with E-state index in [-0.39, 0.29) is 36.8 Å². The normalized spacial score (nSPS) is 15.6. The lowest BCUT2D eigenvalue weighted by atomic mass is 10.1. The number of ether oxygens (including phenoxy) is 2. The molecule has 1 atom stereocenters. The van der Waals surface area contributed by atoms with Gasteiger partial charge in [-0.25, -0.2) is 22.0 Å². The lowest BCUT2D eigenvalue weighted by Gasteiger charge is -2.35. The third-order valence-electron chi connectivity index (χ3n) is 5.12. The van der Waals surface area contributed by atoms with Crippen molar-refractivity contribution in [3.63, 3.8) is 0 Å². The van der Waals surface area contributed by atoms with Crippen LogP contribution in [0.5, 0.6) is 11.6 Å². The average molecular weight is 548 g/mol. The molecule has 0 bridgehead atoms. The molecule has 3 rings (SSSR count). The number of nitrogens with one attached hydrogen (secondary N) is 2. The van der Waals surface area contributed by atoms with Crippen molar-refractivity contribution in [2.45, 2.75) is 50.3 Å². The standard InChI is InChI=1S/C21H27F2N5O8S/c1-4-27-10-16(18(26-27)35-11-17(22)23)37(33,34)28-9-13(8-24-19(29)21(2,3)32)36-15-6-5-12(7-14(15)28)25-20(30)31/h5-7,10,13,17,25,32H,4,8-9,11H2,1-3H3,(H,24,29)(H,30,31). The molecular weight excluding hydrogens is 520 g/mol. The highest BCUT2D eigenvalue weighted by atomic mass is 32.2. The fourth-order valence-electron chi connectivity index (χ4n) is 3.35. The Balaban J connectivity index is 2.03. The number of aryl methyl sites for hydroxylation is 1. The first-order valence-corrected chi connectivity index (χ1v) is 12.5.